The number of fused-ring (bicyclic) bond motifs is 3. The lowest BCUT2D eigenvalue weighted by molar-refractivity contribution is 0.371. The van der Waals surface area contributed by atoms with Gasteiger partial charge in [-0.1, -0.05) is 47.7 Å². The lowest BCUT2D eigenvalue weighted by Gasteiger charge is -2.31. The molecular weight excluding hydrogens is 599 g/mol. The molecule has 186 valence electrons. The van der Waals surface area contributed by atoms with Crippen molar-refractivity contribution < 1.29 is 14.6 Å². The number of rotatable bonds is 4. The van der Waals surface area contributed by atoms with Crippen molar-refractivity contribution in [2.45, 2.75) is 18.9 Å². The molecule has 1 aliphatic carbocycles. The molecule has 0 saturated heterocycles. The number of hydrogen-bond donors (Lipinski definition) is 1. The van der Waals surface area contributed by atoms with Gasteiger partial charge in [0.2, 0.25) is 0 Å². The Labute approximate surface area is 231 Å². The zero-order chi connectivity index (χ0) is 25.7. The molecule has 1 atom stereocenters. The highest BCUT2D eigenvalue weighted by molar-refractivity contribution is 14.1. The zero-order valence-corrected chi connectivity index (χ0v) is 23.2. The molecule has 2 aliphatic rings. The minimum Gasteiger partial charge on any atom is -0.504 e. The number of allylic oxidation sites excluding steroid dienone is 1. The summed E-state index contributed by atoms with van der Waals surface area (Å²) >= 11 is 3.44. The average Bonchev–Trinajstić information content (AvgIpc) is 3.23. The monoisotopic (exact) mass is 622 g/mol. The first-order chi connectivity index (χ1) is 18.0. The van der Waals surface area contributed by atoms with Crippen LogP contribution in [0.5, 0.6) is 17.2 Å². The number of ether oxygens (including phenoxy) is 2. The van der Waals surface area contributed by atoms with E-state index in [9.17, 15) is 9.90 Å². The quantitative estimate of drug-likeness (QED) is 0.337. The number of halogens is 1. The Hall–Kier alpha value is -3.37. The molecule has 0 amide bonds. The van der Waals surface area contributed by atoms with Gasteiger partial charge in [-0.2, -0.15) is 0 Å². The van der Waals surface area contributed by atoms with Gasteiger partial charge >= 0.3 is 0 Å². The second-order valence-corrected chi connectivity index (χ2v) is 11.1. The summed E-state index contributed by atoms with van der Waals surface area (Å²) in [5, 5.41) is 10.2. The van der Waals surface area contributed by atoms with E-state index in [4.69, 9.17) is 14.5 Å². The van der Waals surface area contributed by atoms with E-state index in [0.29, 0.717) is 18.7 Å². The van der Waals surface area contributed by atoms with Crippen LogP contribution in [0.15, 0.2) is 76.0 Å². The van der Waals surface area contributed by atoms with Gasteiger partial charge in [0.1, 0.15) is 5.75 Å². The van der Waals surface area contributed by atoms with Crippen molar-refractivity contribution in [1.82, 2.24) is 4.57 Å². The minimum atomic E-state index is -0.272. The third-order valence-corrected chi connectivity index (χ3v) is 8.66. The molecule has 3 aromatic carbocycles. The summed E-state index contributed by atoms with van der Waals surface area (Å²) < 4.78 is 13.9. The van der Waals surface area contributed by atoms with Crippen LogP contribution in [0.25, 0.3) is 11.8 Å². The van der Waals surface area contributed by atoms with Crippen LogP contribution in [-0.4, -0.2) is 23.9 Å². The Morgan fingerprint density at radius 2 is 1.92 bits per heavy atom. The van der Waals surface area contributed by atoms with Crippen molar-refractivity contribution in [2.24, 2.45) is 4.99 Å². The summed E-state index contributed by atoms with van der Waals surface area (Å²) in [5.41, 5.74) is 6.19. The first-order valence-corrected chi connectivity index (χ1v) is 13.7. The summed E-state index contributed by atoms with van der Waals surface area (Å²) in [6.45, 7) is 0. The molecule has 1 aliphatic heterocycles. The number of phenolic OH excluding ortho intramolecular Hbond substituents is 1. The number of hydrogen-bond acceptors (Lipinski definition) is 6. The van der Waals surface area contributed by atoms with Crippen LogP contribution < -0.4 is 24.4 Å². The maximum Gasteiger partial charge on any atom is 0.271 e. The molecule has 2 heterocycles. The Bertz CT molecular complexity index is 1770. The van der Waals surface area contributed by atoms with Gasteiger partial charge in [0.05, 0.1) is 34.1 Å². The summed E-state index contributed by atoms with van der Waals surface area (Å²) in [7, 11) is 3.17. The minimum absolute atomic E-state index is 0.0890. The summed E-state index contributed by atoms with van der Waals surface area (Å²) in [6.07, 6.45) is 3.57. The molecule has 1 aromatic heterocycles. The third kappa shape index (κ3) is 4.08. The third-order valence-electron chi connectivity index (χ3n) is 6.85. The molecule has 0 fully saturated rings. The Morgan fingerprint density at radius 3 is 2.73 bits per heavy atom. The Balaban J connectivity index is 1.61. The molecule has 1 N–H and O–H groups in total. The molecule has 0 bridgehead atoms. The first-order valence-electron chi connectivity index (χ1n) is 11.8. The van der Waals surface area contributed by atoms with Gasteiger partial charge < -0.3 is 14.6 Å². The second kappa shape index (κ2) is 9.50. The number of aromatic hydroxyl groups is 1. The molecule has 8 heteroatoms. The van der Waals surface area contributed by atoms with Crippen LogP contribution in [0.2, 0.25) is 0 Å². The van der Waals surface area contributed by atoms with Crippen LogP contribution in [0.1, 0.15) is 34.7 Å². The number of phenols is 1. The maximum atomic E-state index is 13.9. The van der Waals surface area contributed by atoms with Crippen molar-refractivity contribution in [3.8, 4) is 17.2 Å². The topological polar surface area (TPSA) is 73.1 Å². The van der Waals surface area contributed by atoms with Crippen molar-refractivity contribution in [1.29, 1.82) is 0 Å². The van der Waals surface area contributed by atoms with Crippen LogP contribution in [0.3, 0.4) is 0 Å². The van der Waals surface area contributed by atoms with E-state index in [-0.39, 0.29) is 17.4 Å². The van der Waals surface area contributed by atoms with E-state index in [1.54, 1.807) is 13.2 Å². The van der Waals surface area contributed by atoms with Gasteiger partial charge in [0.25, 0.3) is 5.56 Å². The fourth-order valence-electron chi connectivity index (χ4n) is 5.12. The van der Waals surface area contributed by atoms with Crippen molar-refractivity contribution >= 4 is 45.7 Å². The summed E-state index contributed by atoms with van der Waals surface area (Å²) in [6, 6.07) is 19.6. The largest absolute Gasteiger partial charge is 0.504 e. The molecule has 0 spiro atoms. The van der Waals surface area contributed by atoms with Gasteiger partial charge in [-0.25, -0.2) is 4.99 Å². The van der Waals surface area contributed by atoms with Crippen molar-refractivity contribution in [3.63, 3.8) is 0 Å². The van der Waals surface area contributed by atoms with E-state index in [0.717, 1.165) is 46.6 Å². The normalized spacial score (nSPS) is 16.5. The van der Waals surface area contributed by atoms with Gasteiger partial charge in [-0.3, -0.25) is 9.36 Å². The summed E-state index contributed by atoms with van der Waals surface area (Å²) in [4.78, 5) is 19.7. The molecule has 0 radical (unpaired) electrons. The highest BCUT2D eigenvalue weighted by Crippen LogP contribution is 2.41. The molecular formula is C29H23IN2O4S. The number of nitrogens with zero attached hydrogens (tertiary/aromatic N) is 2. The maximum absolute atomic E-state index is 13.9. The SMILES string of the molecule is COc1cccc([C@@H]2C3=C(N=c4s/c(=C\c5cc(I)c(O)c(OC)c5)c(=O)n42)c2ccccc2CC3)c1. The number of aryl methyl sites for hydroxylation is 1. The number of methoxy groups -OCH3 is 2. The highest BCUT2D eigenvalue weighted by Gasteiger charge is 2.32. The zero-order valence-electron chi connectivity index (χ0n) is 20.2. The first kappa shape index (κ1) is 24.0. The smallest absolute Gasteiger partial charge is 0.271 e. The lowest BCUT2D eigenvalue weighted by Crippen LogP contribution is -2.38. The van der Waals surface area contributed by atoms with Gasteiger partial charge in [0.15, 0.2) is 16.3 Å². The standard InChI is InChI=1S/C29H23IN2O4S/c1-35-19-8-5-7-18(15-19)26-21-11-10-17-6-3-4-9-20(17)25(21)31-29-32(26)28(34)24(37-29)14-16-12-22(30)27(33)23(13-16)36-2/h3-9,12-15,26,33H,10-11H2,1-2H3/b24-14-/t26-/m1/s1. The van der Waals surface area contributed by atoms with Gasteiger partial charge in [-0.05, 0) is 88.0 Å². The van der Waals surface area contributed by atoms with E-state index in [1.807, 2.05) is 47.0 Å². The highest BCUT2D eigenvalue weighted by atomic mass is 127. The molecule has 37 heavy (non-hydrogen) atoms. The predicted molar refractivity (Wildman–Crippen MR) is 153 cm³/mol. The van der Waals surface area contributed by atoms with Crippen molar-refractivity contribution in [2.75, 3.05) is 14.2 Å². The van der Waals surface area contributed by atoms with E-state index in [2.05, 4.69) is 40.8 Å². The molecule has 4 aromatic rings. The number of aromatic nitrogens is 1. The fraction of sp³-hybridized carbons (Fsp3) is 0.172. The Kier molecular flexibility index (Phi) is 6.16. The fourth-order valence-corrected chi connectivity index (χ4v) is 6.74. The lowest BCUT2D eigenvalue weighted by atomic mass is 9.83. The van der Waals surface area contributed by atoms with Crippen LogP contribution in [0, 0.1) is 3.57 Å². The number of thiazole rings is 1. The Morgan fingerprint density at radius 1 is 1.08 bits per heavy atom. The van der Waals surface area contributed by atoms with Gasteiger partial charge in [-0.15, -0.1) is 0 Å². The molecule has 6 nitrogen and oxygen atoms in total. The van der Waals surface area contributed by atoms with Gasteiger partial charge in [0, 0.05) is 5.56 Å². The molecule has 0 unspecified atom stereocenters. The van der Waals surface area contributed by atoms with Crippen LogP contribution in [-0.2, 0) is 6.42 Å². The van der Waals surface area contributed by atoms with Crippen LogP contribution in [0.4, 0.5) is 0 Å². The van der Waals surface area contributed by atoms with Crippen LogP contribution >= 0.6 is 33.9 Å². The van der Waals surface area contributed by atoms with E-state index in [1.165, 1.54) is 24.0 Å². The number of benzene rings is 3. The molecule has 0 saturated carbocycles. The molecule has 6 rings (SSSR count). The van der Waals surface area contributed by atoms with E-state index >= 15 is 0 Å². The van der Waals surface area contributed by atoms with E-state index < -0.39 is 0 Å². The average molecular weight is 622 g/mol. The van der Waals surface area contributed by atoms with Crippen molar-refractivity contribution in [3.05, 3.63) is 112 Å². The predicted octanol–water partition coefficient (Wildman–Crippen LogP) is 4.65. The second-order valence-electron chi connectivity index (χ2n) is 8.94. The summed E-state index contributed by atoms with van der Waals surface area (Å²) in [5.74, 6) is 1.21.